The summed E-state index contributed by atoms with van der Waals surface area (Å²) in [4.78, 5) is 210. The Morgan fingerprint density at radius 1 is 0.455 bits per heavy atom. The maximum Gasteiger partial charge on any atom is 0.248 e. The summed E-state index contributed by atoms with van der Waals surface area (Å²) in [6.07, 6.45) is 2.58. The van der Waals surface area contributed by atoms with Crippen molar-refractivity contribution in [3.05, 3.63) is 0 Å². The average Bonchev–Trinajstić information content (AvgIpc) is 1.79. The number of likely N-dealkylation sites (tertiary alicyclic amines) is 3. The zero-order valence-corrected chi connectivity index (χ0v) is 62.1. The number of carbonyl (C=O) groups is 15. The van der Waals surface area contributed by atoms with E-state index in [0.717, 1.165) is 0 Å². The van der Waals surface area contributed by atoms with Crippen molar-refractivity contribution >= 4 is 88.6 Å². The molecule has 99 heavy (non-hydrogen) atoms. The van der Waals surface area contributed by atoms with Crippen LogP contribution in [0.3, 0.4) is 0 Å². The highest BCUT2D eigenvalue weighted by Gasteiger charge is 2.48. The van der Waals surface area contributed by atoms with E-state index in [2.05, 4.69) is 58.5 Å². The maximum atomic E-state index is 14.5. The fourth-order valence-electron chi connectivity index (χ4n) is 12.3. The predicted octanol–water partition coefficient (Wildman–Crippen LogP) is -0.566. The topological polar surface area (TPSA) is 444 Å². The Labute approximate surface area is 583 Å². The standard InChI is InChI=1S/C68H117N15O16/c1-21-39(8)50(58(94)80-68(19,20)62(98)82-31-23-26-46(82)55(91)71-42(35-84)33-36(2)3)75-60(96)65(13,14)78-56(92)47-27-24-32-83(47)63(99)67(17,18)79-57(93)49(38(6)7)74-51(87)40(9)70-54(90)45-25-22-30-81(45)61(97)66(15,16)77-53(89)44(34-37(4)5)72-52(88)43(28-29-48(69)86)73-59(95)64(11,12)76-41(10)85/h36-40,42-47,49-50,84H,21-35H2,1-20H3,(H2,69,86)(H,70,90)(H,71,91)(H,72,88)(H,73,95)(H,74,87)(H,75,96)(H,76,85)(H,77,89)(H,78,92)(H,79,93)(H,80,94)/t39-,40-,42-,43-,44-,45-,46-,47-,49-,50-/m0/s1. The van der Waals surface area contributed by atoms with Gasteiger partial charge in [0.1, 0.15) is 76.0 Å². The molecule has 3 rings (SSSR count). The molecule has 31 heteroatoms. The zero-order valence-electron chi connectivity index (χ0n) is 62.1. The van der Waals surface area contributed by atoms with E-state index in [9.17, 15) is 77.0 Å². The highest BCUT2D eigenvalue weighted by molar-refractivity contribution is 6.02. The van der Waals surface area contributed by atoms with E-state index < -0.39 is 183 Å². The summed E-state index contributed by atoms with van der Waals surface area (Å²) >= 11 is 0. The minimum absolute atomic E-state index is 0.0720. The molecule has 31 nitrogen and oxygen atoms in total. The summed E-state index contributed by atoms with van der Waals surface area (Å²) in [6, 6.07) is -9.84. The van der Waals surface area contributed by atoms with Gasteiger partial charge in [-0.25, -0.2) is 0 Å². The van der Waals surface area contributed by atoms with E-state index in [1.807, 2.05) is 20.8 Å². The molecule has 10 atom stereocenters. The molecule has 0 spiro atoms. The largest absolute Gasteiger partial charge is 0.394 e. The number of rotatable bonds is 35. The normalized spacial score (nSPS) is 18.9. The lowest BCUT2D eigenvalue weighted by Gasteiger charge is -2.37. The maximum absolute atomic E-state index is 14.5. The molecule has 3 aliphatic heterocycles. The van der Waals surface area contributed by atoms with Gasteiger partial charge in [0, 0.05) is 33.0 Å². The highest BCUT2D eigenvalue weighted by atomic mass is 16.3. The Balaban J connectivity index is 1.68. The summed E-state index contributed by atoms with van der Waals surface area (Å²) in [5.41, 5.74) is -2.65. The molecule has 0 aromatic heterocycles. The third kappa shape index (κ3) is 24.1. The number of primary amides is 1. The molecule has 3 heterocycles. The minimum Gasteiger partial charge on any atom is -0.394 e. The molecule has 0 aliphatic carbocycles. The van der Waals surface area contributed by atoms with Gasteiger partial charge in [0.05, 0.1) is 12.6 Å². The third-order valence-corrected chi connectivity index (χ3v) is 18.2. The first-order valence-electron chi connectivity index (χ1n) is 34.8. The summed E-state index contributed by atoms with van der Waals surface area (Å²) in [5, 5.41) is 39.5. The van der Waals surface area contributed by atoms with Crippen LogP contribution in [0.1, 0.15) is 209 Å². The predicted molar refractivity (Wildman–Crippen MR) is 367 cm³/mol. The average molecular weight is 1400 g/mol. The lowest BCUT2D eigenvalue weighted by molar-refractivity contribution is -0.146. The number of amides is 15. The fraction of sp³-hybridized carbons (Fsp3) is 0.779. The van der Waals surface area contributed by atoms with Crippen molar-refractivity contribution < 1.29 is 77.0 Å². The van der Waals surface area contributed by atoms with Crippen LogP contribution in [0.2, 0.25) is 0 Å². The second-order valence-electron chi connectivity index (χ2n) is 30.8. The first kappa shape index (κ1) is 85.2. The van der Waals surface area contributed by atoms with Gasteiger partial charge in [-0.05, 0) is 158 Å². The lowest BCUT2D eigenvalue weighted by Crippen LogP contribution is -2.66. The van der Waals surface area contributed by atoms with Crippen LogP contribution in [-0.2, 0) is 71.9 Å². The molecule has 3 saturated heterocycles. The van der Waals surface area contributed by atoms with Crippen molar-refractivity contribution in [1.82, 2.24) is 73.2 Å². The smallest absolute Gasteiger partial charge is 0.248 e. The molecule has 14 N–H and O–H groups in total. The Hall–Kier alpha value is -7.99. The molecule has 0 radical (unpaired) electrons. The summed E-state index contributed by atoms with van der Waals surface area (Å²) < 4.78 is 0. The van der Waals surface area contributed by atoms with E-state index in [1.54, 1.807) is 34.6 Å². The molecule has 3 aliphatic rings. The molecule has 0 saturated carbocycles. The quantitative estimate of drug-likeness (QED) is 0.0378. The Morgan fingerprint density at radius 3 is 1.28 bits per heavy atom. The van der Waals surface area contributed by atoms with E-state index in [1.165, 1.54) is 97.8 Å². The third-order valence-electron chi connectivity index (χ3n) is 18.2. The SMILES string of the molecule is CC[C@H](C)[C@H](NC(=O)C(C)(C)NC(=O)[C@@H]1CCCN1C(=O)C(C)(C)NC(=O)[C@@H](NC(=O)[C@H](C)NC(=O)[C@@H]1CCCN1C(=O)C(C)(C)NC(=O)[C@H](CC(C)C)NC(=O)[C@H](CCC(N)=O)NC(=O)C(C)(C)NC(C)=O)C(C)C)C(=O)NC(C)(C)C(=O)N1CCC[C@H]1C(=O)N[C@H](CO)CC(C)C. The molecule has 0 bridgehead atoms. The van der Waals surface area contributed by atoms with E-state index in [0.29, 0.717) is 38.5 Å². The molecule has 15 amide bonds. The van der Waals surface area contributed by atoms with Crippen molar-refractivity contribution in [2.75, 3.05) is 26.2 Å². The number of aliphatic hydroxyl groups is 1. The fourth-order valence-corrected chi connectivity index (χ4v) is 12.3. The van der Waals surface area contributed by atoms with Crippen LogP contribution in [0.5, 0.6) is 0 Å². The van der Waals surface area contributed by atoms with E-state index in [4.69, 9.17) is 5.73 Å². The van der Waals surface area contributed by atoms with Crippen LogP contribution in [0.25, 0.3) is 0 Å². The zero-order chi connectivity index (χ0) is 75.8. The van der Waals surface area contributed by atoms with Crippen molar-refractivity contribution in [3.63, 3.8) is 0 Å². The van der Waals surface area contributed by atoms with Gasteiger partial charge >= 0.3 is 0 Å². The summed E-state index contributed by atoms with van der Waals surface area (Å²) in [6.45, 7) is 31.7. The first-order valence-corrected chi connectivity index (χ1v) is 34.8. The van der Waals surface area contributed by atoms with E-state index in [-0.39, 0.29) is 70.2 Å². The summed E-state index contributed by atoms with van der Waals surface area (Å²) in [7, 11) is 0. The van der Waals surface area contributed by atoms with Crippen LogP contribution < -0.4 is 64.2 Å². The molecule has 0 aromatic carbocycles. The van der Waals surface area contributed by atoms with Crippen LogP contribution >= 0.6 is 0 Å². The lowest BCUT2D eigenvalue weighted by atomic mass is 9.94. The molecule has 0 unspecified atom stereocenters. The molecule has 560 valence electrons. The number of carbonyl (C=O) groups excluding carboxylic acids is 15. The minimum atomic E-state index is -1.68. The van der Waals surface area contributed by atoms with Crippen molar-refractivity contribution in [2.45, 2.75) is 291 Å². The van der Waals surface area contributed by atoms with Crippen LogP contribution in [-0.4, -0.2) is 217 Å². The number of hydrogen-bond acceptors (Lipinski definition) is 16. The van der Waals surface area contributed by atoms with Gasteiger partial charge in [0.15, 0.2) is 0 Å². The van der Waals surface area contributed by atoms with Gasteiger partial charge in [0.2, 0.25) is 88.6 Å². The van der Waals surface area contributed by atoms with Crippen LogP contribution in [0, 0.1) is 23.7 Å². The van der Waals surface area contributed by atoms with Crippen LogP contribution in [0.4, 0.5) is 0 Å². The van der Waals surface area contributed by atoms with Crippen molar-refractivity contribution in [3.8, 4) is 0 Å². The number of nitrogens with zero attached hydrogens (tertiary/aromatic N) is 3. The van der Waals surface area contributed by atoms with Crippen molar-refractivity contribution in [1.29, 1.82) is 0 Å². The Morgan fingerprint density at radius 2 is 0.869 bits per heavy atom. The number of hydrogen-bond donors (Lipinski definition) is 13. The second kappa shape index (κ2) is 35.9. The van der Waals surface area contributed by atoms with Gasteiger partial charge in [-0.3, -0.25) is 71.9 Å². The Kier molecular flexibility index (Phi) is 30.9. The highest BCUT2D eigenvalue weighted by Crippen LogP contribution is 2.27. The number of nitrogens with one attached hydrogen (secondary N) is 11. The van der Waals surface area contributed by atoms with Gasteiger partial charge in [-0.15, -0.1) is 0 Å². The van der Waals surface area contributed by atoms with Crippen molar-refractivity contribution in [2.24, 2.45) is 29.4 Å². The molecule has 3 fully saturated rings. The van der Waals surface area contributed by atoms with Gasteiger partial charge in [-0.1, -0.05) is 61.8 Å². The molecular weight excluding hydrogens is 1280 g/mol. The first-order chi connectivity index (χ1) is 45.5. The van der Waals surface area contributed by atoms with Gasteiger partial charge in [0.25, 0.3) is 0 Å². The van der Waals surface area contributed by atoms with E-state index >= 15 is 0 Å². The summed E-state index contributed by atoms with van der Waals surface area (Å²) in [5.74, 6) is -11.2. The number of aliphatic hydroxyl groups excluding tert-OH is 1. The monoisotopic (exact) mass is 1400 g/mol. The van der Waals surface area contributed by atoms with Gasteiger partial charge in [-0.2, -0.15) is 0 Å². The van der Waals surface area contributed by atoms with Crippen LogP contribution in [0.15, 0.2) is 0 Å². The van der Waals surface area contributed by atoms with Gasteiger partial charge < -0.3 is 84.0 Å². The number of nitrogens with two attached hydrogens (primary N) is 1. The second-order valence-corrected chi connectivity index (χ2v) is 30.8. The molecule has 0 aromatic rings. The Bertz CT molecular complexity index is 2980. The molecular formula is C68H117N15O16.